The smallest absolute Gasteiger partial charge is 0.317 e. The molecule has 2 saturated heterocycles. The molecule has 2 aromatic carbocycles. The van der Waals surface area contributed by atoms with Gasteiger partial charge in [-0.2, -0.15) is 0 Å². The second kappa shape index (κ2) is 10.4. The number of methoxy groups -OCH3 is 1. The number of fused-ring (bicyclic) bond motifs is 1. The minimum Gasteiger partial charge on any atom is -0.496 e. The van der Waals surface area contributed by atoms with Gasteiger partial charge in [-0.05, 0) is 49.4 Å². The van der Waals surface area contributed by atoms with E-state index in [9.17, 15) is 9.90 Å². The molecule has 0 unspecified atom stereocenters. The first-order valence-electron chi connectivity index (χ1n) is 12.8. The van der Waals surface area contributed by atoms with Crippen molar-refractivity contribution in [2.45, 2.75) is 62.6 Å². The van der Waals surface area contributed by atoms with Crippen molar-refractivity contribution in [1.82, 2.24) is 15.1 Å². The Bertz CT molecular complexity index is 973. The van der Waals surface area contributed by atoms with Crippen LogP contribution in [0, 0.1) is 0 Å². The van der Waals surface area contributed by atoms with Crippen LogP contribution in [0.25, 0.3) is 11.1 Å². The lowest BCUT2D eigenvalue weighted by molar-refractivity contribution is -0.0591. The van der Waals surface area contributed by atoms with Gasteiger partial charge in [0.2, 0.25) is 0 Å². The van der Waals surface area contributed by atoms with Gasteiger partial charge in [-0.15, -0.1) is 0 Å². The second-order valence-corrected chi connectivity index (χ2v) is 9.99. The Morgan fingerprint density at radius 2 is 1.76 bits per heavy atom. The molecule has 3 fully saturated rings. The average molecular weight is 464 g/mol. The summed E-state index contributed by atoms with van der Waals surface area (Å²) in [6.07, 6.45) is 6.70. The molecule has 1 aliphatic carbocycles. The Morgan fingerprint density at radius 3 is 2.50 bits per heavy atom. The summed E-state index contributed by atoms with van der Waals surface area (Å²) in [7, 11) is 1.70. The van der Waals surface area contributed by atoms with E-state index in [0.717, 1.165) is 55.6 Å². The fourth-order valence-corrected chi connectivity index (χ4v) is 6.23. The predicted molar refractivity (Wildman–Crippen MR) is 134 cm³/mol. The Kier molecular flexibility index (Phi) is 7.07. The van der Waals surface area contributed by atoms with E-state index in [0.29, 0.717) is 12.6 Å². The van der Waals surface area contributed by atoms with Crippen LogP contribution in [0.3, 0.4) is 0 Å². The van der Waals surface area contributed by atoms with Gasteiger partial charge >= 0.3 is 6.03 Å². The lowest BCUT2D eigenvalue weighted by Gasteiger charge is -2.57. The number of amides is 2. The standard InChI is InChI=1S/C28H37N3O3/c1-34-26-11-5-4-10-23(26)20-12-14-21(15-13-20)27-24-18-30(28(33)29-22-8-2-3-9-22)16-6-7-17-31(24)25(27)19-32/h4-5,10-15,22,24-25,27,32H,2-3,6-9,16-19H2,1H3,(H,29,33)/t24-,25+,27-/m1/s1. The highest BCUT2D eigenvalue weighted by Crippen LogP contribution is 2.42. The maximum atomic E-state index is 13.1. The number of carbonyl (C=O) groups excluding carboxylic acids is 1. The number of hydrogen-bond acceptors (Lipinski definition) is 4. The Balaban J connectivity index is 1.34. The van der Waals surface area contributed by atoms with E-state index in [-0.39, 0.29) is 30.6 Å². The minimum atomic E-state index is 0.0893. The molecule has 0 bridgehead atoms. The van der Waals surface area contributed by atoms with Crippen LogP contribution in [0.2, 0.25) is 0 Å². The van der Waals surface area contributed by atoms with E-state index in [4.69, 9.17) is 4.74 Å². The van der Waals surface area contributed by atoms with Crippen molar-refractivity contribution in [1.29, 1.82) is 0 Å². The third kappa shape index (κ3) is 4.53. The molecular weight excluding hydrogens is 426 g/mol. The Morgan fingerprint density at radius 1 is 1.03 bits per heavy atom. The van der Waals surface area contributed by atoms with E-state index in [1.54, 1.807) is 7.11 Å². The monoisotopic (exact) mass is 463 g/mol. The summed E-state index contributed by atoms with van der Waals surface area (Å²) in [6, 6.07) is 17.5. The molecule has 1 saturated carbocycles. The Hall–Kier alpha value is -2.57. The van der Waals surface area contributed by atoms with Crippen molar-refractivity contribution < 1.29 is 14.6 Å². The zero-order valence-corrected chi connectivity index (χ0v) is 20.2. The number of aliphatic hydroxyl groups excluding tert-OH is 1. The first kappa shape index (κ1) is 23.2. The number of aliphatic hydroxyl groups is 1. The first-order valence-corrected chi connectivity index (χ1v) is 12.8. The summed E-state index contributed by atoms with van der Waals surface area (Å²) in [5.74, 6) is 1.08. The summed E-state index contributed by atoms with van der Waals surface area (Å²) in [4.78, 5) is 17.5. The SMILES string of the molecule is COc1ccccc1-c1ccc([C@@H]2[C@H]3CN(C(=O)NC4CCCC4)CCCCN3[C@H]2CO)cc1. The molecule has 6 nitrogen and oxygen atoms in total. The van der Waals surface area contributed by atoms with Crippen molar-refractivity contribution in [2.75, 3.05) is 33.4 Å². The van der Waals surface area contributed by atoms with Gasteiger partial charge in [0, 0.05) is 42.7 Å². The number of carbonyl (C=O) groups is 1. The zero-order valence-electron chi connectivity index (χ0n) is 20.2. The summed E-state index contributed by atoms with van der Waals surface area (Å²) in [5, 5.41) is 13.5. The molecule has 0 aromatic heterocycles. The van der Waals surface area contributed by atoms with Crippen LogP contribution in [0.5, 0.6) is 5.75 Å². The van der Waals surface area contributed by atoms with Crippen LogP contribution < -0.4 is 10.1 Å². The maximum absolute atomic E-state index is 13.1. The zero-order chi connectivity index (χ0) is 23.5. The lowest BCUT2D eigenvalue weighted by Crippen LogP contribution is -2.68. The lowest BCUT2D eigenvalue weighted by atomic mass is 9.74. The summed E-state index contributed by atoms with van der Waals surface area (Å²) in [6.45, 7) is 2.66. The number of nitrogens with one attached hydrogen (secondary N) is 1. The number of ether oxygens (including phenoxy) is 1. The topological polar surface area (TPSA) is 65.0 Å². The number of para-hydroxylation sites is 1. The quantitative estimate of drug-likeness (QED) is 0.696. The fraction of sp³-hybridized carbons (Fsp3) is 0.536. The van der Waals surface area contributed by atoms with Gasteiger partial charge in [0.1, 0.15) is 5.75 Å². The van der Waals surface area contributed by atoms with Gasteiger partial charge in [0.25, 0.3) is 0 Å². The molecule has 2 amide bonds. The molecule has 5 rings (SSSR count). The molecule has 3 atom stereocenters. The Labute approximate surface area is 202 Å². The summed E-state index contributed by atoms with van der Waals surface area (Å²) >= 11 is 0. The van der Waals surface area contributed by atoms with Gasteiger partial charge in [0.15, 0.2) is 0 Å². The van der Waals surface area contributed by atoms with E-state index in [1.165, 1.54) is 18.4 Å². The van der Waals surface area contributed by atoms with Crippen LogP contribution in [0.4, 0.5) is 4.79 Å². The van der Waals surface area contributed by atoms with Crippen LogP contribution in [0.1, 0.15) is 50.0 Å². The molecule has 2 N–H and O–H groups in total. The molecule has 2 aromatic rings. The second-order valence-electron chi connectivity index (χ2n) is 9.99. The largest absolute Gasteiger partial charge is 0.496 e. The minimum absolute atomic E-state index is 0.0893. The highest BCUT2D eigenvalue weighted by Gasteiger charge is 2.49. The molecule has 0 radical (unpaired) electrons. The predicted octanol–water partition coefficient (Wildman–Crippen LogP) is 4.24. The number of urea groups is 1. The molecule has 2 aliphatic heterocycles. The number of nitrogens with zero attached hydrogens (tertiary/aromatic N) is 2. The normalized spacial score (nSPS) is 25.7. The number of rotatable bonds is 5. The van der Waals surface area contributed by atoms with Crippen molar-refractivity contribution in [3.8, 4) is 16.9 Å². The van der Waals surface area contributed by atoms with Crippen LogP contribution in [0.15, 0.2) is 48.5 Å². The molecule has 3 aliphatic rings. The molecule has 34 heavy (non-hydrogen) atoms. The van der Waals surface area contributed by atoms with E-state index < -0.39 is 0 Å². The van der Waals surface area contributed by atoms with Crippen molar-refractivity contribution >= 4 is 6.03 Å². The molecule has 0 spiro atoms. The van der Waals surface area contributed by atoms with Crippen LogP contribution in [-0.2, 0) is 0 Å². The van der Waals surface area contributed by atoms with Crippen molar-refractivity contribution in [3.63, 3.8) is 0 Å². The van der Waals surface area contributed by atoms with Gasteiger partial charge < -0.3 is 20.1 Å². The van der Waals surface area contributed by atoms with Gasteiger partial charge in [-0.25, -0.2) is 4.79 Å². The highest BCUT2D eigenvalue weighted by atomic mass is 16.5. The average Bonchev–Trinajstić information content (AvgIpc) is 3.36. The third-order valence-electron chi connectivity index (χ3n) is 8.05. The summed E-state index contributed by atoms with van der Waals surface area (Å²) in [5.41, 5.74) is 3.43. The molecule has 2 heterocycles. The van der Waals surface area contributed by atoms with Crippen LogP contribution in [-0.4, -0.2) is 72.4 Å². The van der Waals surface area contributed by atoms with Gasteiger partial charge in [-0.3, -0.25) is 4.90 Å². The third-order valence-corrected chi connectivity index (χ3v) is 8.05. The number of benzene rings is 2. The van der Waals surface area contributed by atoms with Crippen molar-refractivity contribution in [2.24, 2.45) is 0 Å². The summed E-state index contributed by atoms with van der Waals surface area (Å²) < 4.78 is 5.54. The van der Waals surface area contributed by atoms with Crippen molar-refractivity contribution in [3.05, 3.63) is 54.1 Å². The van der Waals surface area contributed by atoms with Crippen LogP contribution >= 0.6 is 0 Å². The van der Waals surface area contributed by atoms with Gasteiger partial charge in [-0.1, -0.05) is 55.3 Å². The number of hydrogen-bond donors (Lipinski definition) is 2. The van der Waals surface area contributed by atoms with E-state index in [2.05, 4.69) is 40.5 Å². The molecule has 182 valence electrons. The van der Waals surface area contributed by atoms with Gasteiger partial charge in [0.05, 0.1) is 13.7 Å². The maximum Gasteiger partial charge on any atom is 0.317 e. The molecular formula is C28H37N3O3. The first-order chi connectivity index (χ1) is 16.7. The fourth-order valence-electron chi connectivity index (χ4n) is 6.23. The van der Waals surface area contributed by atoms with E-state index in [1.807, 2.05) is 23.1 Å². The molecule has 6 heteroatoms. The highest BCUT2D eigenvalue weighted by molar-refractivity contribution is 5.74. The van der Waals surface area contributed by atoms with E-state index >= 15 is 0 Å².